The second kappa shape index (κ2) is 8.22. The molecule has 0 heterocycles. The SMILES string of the molecule is O=P(c1ccccc1)(c1ccccc1)c1ccc(-c2ccc(B(O)O)cc2)cc1. The zero-order chi connectivity index (χ0) is 20.3. The molecule has 0 aliphatic rings. The summed E-state index contributed by atoms with van der Waals surface area (Å²) < 4.78 is 14.3. The minimum absolute atomic E-state index is 0.447. The van der Waals surface area contributed by atoms with E-state index in [1.165, 1.54) is 0 Å². The van der Waals surface area contributed by atoms with Gasteiger partial charge >= 0.3 is 7.12 Å². The molecule has 0 bridgehead atoms. The van der Waals surface area contributed by atoms with Crippen molar-refractivity contribution in [1.29, 1.82) is 0 Å². The van der Waals surface area contributed by atoms with Gasteiger partial charge in [-0.05, 0) is 16.6 Å². The van der Waals surface area contributed by atoms with Crippen LogP contribution in [0.5, 0.6) is 0 Å². The Morgan fingerprint density at radius 2 is 0.897 bits per heavy atom. The third-order valence-corrected chi connectivity index (χ3v) is 8.09. The van der Waals surface area contributed by atoms with Gasteiger partial charge in [-0.25, -0.2) is 0 Å². The number of rotatable bonds is 5. The number of hydrogen-bond acceptors (Lipinski definition) is 3. The van der Waals surface area contributed by atoms with Gasteiger partial charge in [0.15, 0.2) is 7.14 Å². The van der Waals surface area contributed by atoms with E-state index in [0.29, 0.717) is 5.46 Å². The van der Waals surface area contributed by atoms with Crippen LogP contribution in [0.3, 0.4) is 0 Å². The molecule has 0 aliphatic carbocycles. The van der Waals surface area contributed by atoms with Crippen LogP contribution >= 0.6 is 7.14 Å². The van der Waals surface area contributed by atoms with Crippen LogP contribution in [-0.4, -0.2) is 17.2 Å². The van der Waals surface area contributed by atoms with Crippen LogP contribution in [0.1, 0.15) is 0 Å². The van der Waals surface area contributed by atoms with Gasteiger partial charge in [-0.15, -0.1) is 0 Å². The van der Waals surface area contributed by atoms with Crippen molar-refractivity contribution >= 4 is 35.6 Å². The Balaban J connectivity index is 1.76. The van der Waals surface area contributed by atoms with Crippen LogP contribution in [0.4, 0.5) is 0 Å². The molecule has 0 atom stereocenters. The molecule has 0 amide bonds. The maximum atomic E-state index is 14.3. The molecule has 0 fully saturated rings. The fourth-order valence-electron chi connectivity index (χ4n) is 3.43. The fraction of sp³-hybridized carbons (Fsp3) is 0. The van der Waals surface area contributed by atoms with Gasteiger partial charge in [0.1, 0.15) is 0 Å². The van der Waals surface area contributed by atoms with Gasteiger partial charge in [-0.2, -0.15) is 0 Å². The molecule has 0 radical (unpaired) electrons. The van der Waals surface area contributed by atoms with E-state index in [4.69, 9.17) is 0 Å². The third kappa shape index (κ3) is 3.83. The number of hydrogen-bond donors (Lipinski definition) is 2. The van der Waals surface area contributed by atoms with Crippen molar-refractivity contribution in [2.45, 2.75) is 0 Å². The topological polar surface area (TPSA) is 57.5 Å². The van der Waals surface area contributed by atoms with Gasteiger partial charge in [0.05, 0.1) is 0 Å². The molecule has 2 N–H and O–H groups in total. The Morgan fingerprint density at radius 1 is 0.517 bits per heavy atom. The van der Waals surface area contributed by atoms with Crippen molar-refractivity contribution in [3.8, 4) is 11.1 Å². The molecule has 5 heteroatoms. The van der Waals surface area contributed by atoms with Gasteiger partial charge in [0, 0.05) is 15.9 Å². The van der Waals surface area contributed by atoms with E-state index >= 15 is 0 Å². The van der Waals surface area contributed by atoms with E-state index in [0.717, 1.165) is 27.0 Å². The summed E-state index contributed by atoms with van der Waals surface area (Å²) in [6, 6.07) is 34.0. The first-order valence-corrected chi connectivity index (χ1v) is 11.1. The van der Waals surface area contributed by atoms with E-state index in [2.05, 4.69) is 0 Å². The molecule has 0 aromatic heterocycles. The maximum absolute atomic E-state index is 14.3. The summed E-state index contributed by atoms with van der Waals surface area (Å²) >= 11 is 0. The molecule has 4 aromatic carbocycles. The molecule has 0 spiro atoms. The standard InChI is InChI=1S/C24H20BO3P/c26-25(27)21-15-11-19(12-16-21)20-13-17-24(18-14-20)29(28,22-7-3-1-4-8-22)23-9-5-2-6-10-23/h1-18,26-27H. The lowest BCUT2D eigenvalue weighted by atomic mass is 9.80. The molecule has 0 unspecified atom stereocenters. The average Bonchev–Trinajstić information content (AvgIpc) is 2.80. The predicted octanol–water partition coefficient (Wildman–Crippen LogP) is 2.67. The quantitative estimate of drug-likeness (QED) is 0.402. The molecule has 3 nitrogen and oxygen atoms in total. The Hall–Kier alpha value is -2.91. The molecule has 4 aromatic rings. The average molecular weight is 398 g/mol. The van der Waals surface area contributed by atoms with Gasteiger partial charge in [0.2, 0.25) is 0 Å². The van der Waals surface area contributed by atoms with Crippen LogP contribution in [0.25, 0.3) is 11.1 Å². The lowest BCUT2D eigenvalue weighted by Gasteiger charge is -2.20. The zero-order valence-corrected chi connectivity index (χ0v) is 16.6. The highest BCUT2D eigenvalue weighted by molar-refractivity contribution is 7.85. The van der Waals surface area contributed by atoms with Crippen LogP contribution in [0.2, 0.25) is 0 Å². The monoisotopic (exact) mass is 398 g/mol. The maximum Gasteiger partial charge on any atom is 0.488 e. The molecule has 4 rings (SSSR count). The summed E-state index contributed by atoms with van der Waals surface area (Å²) in [7, 11) is -4.45. The van der Waals surface area contributed by atoms with Crippen molar-refractivity contribution in [2.75, 3.05) is 0 Å². The second-order valence-corrected chi connectivity index (χ2v) is 9.59. The summed E-state index contributed by atoms with van der Waals surface area (Å²) in [4.78, 5) is 0. The Labute approximate surface area is 170 Å². The van der Waals surface area contributed by atoms with Gasteiger partial charge in [-0.1, -0.05) is 109 Å². The first-order valence-electron chi connectivity index (χ1n) is 9.37. The molecule has 0 aliphatic heterocycles. The van der Waals surface area contributed by atoms with E-state index in [9.17, 15) is 14.6 Å². The molecular weight excluding hydrogens is 378 g/mol. The van der Waals surface area contributed by atoms with E-state index < -0.39 is 14.3 Å². The Bertz CT molecular complexity index is 1080. The lowest BCUT2D eigenvalue weighted by molar-refractivity contribution is 0.426. The number of benzene rings is 4. The predicted molar refractivity (Wildman–Crippen MR) is 121 cm³/mol. The first-order chi connectivity index (χ1) is 14.1. The summed E-state index contributed by atoms with van der Waals surface area (Å²) in [5.74, 6) is 0. The van der Waals surface area contributed by atoms with E-state index in [1.54, 1.807) is 12.1 Å². The summed E-state index contributed by atoms with van der Waals surface area (Å²) in [5.41, 5.74) is 2.37. The van der Waals surface area contributed by atoms with Gasteiger partial charge in [-0.3, -0.25) is 0 Å². The third-order valence-electron chi connectivity index (χ3n) is 5.01. The molecule has 29 heavy (non-hydrogen) atoms. The van der Waals surface area contributed by atoms with E-state index in [-0.39, 0.29) is 0 Å². The zero-order valence-electron chi connectivity index (χ0n) is 15.7. The Kier molecular flexibility index (Phi) is 5.50. The van der Waals surface area contributed by atoms with Crippen LogP contribution in [0.15, 0.2) is 109 Å². The van der Waals surface area contributed by atoms with E-state index in [1.807, 2.05) is 97.1 Å². The smallest absolute Gasteiger partial charge is 0.423 e. The minimum Gasteiger partial charge on any atom is -0.423 e. The van der Waals surface area contributed by atoms with Gasteiger partial charge in [0.25, 0.3) is 0 Å². The van der Waals surface area contributed by atoms with Crippen LogP contribution in [0, 0.1) is 0 Å². The summed E-state index contributed by atoms with van der Waals surface area (Å²) in [6.07, 6.45) is 0. The highest BCUT2D eigenvalue weighted by Gasteiger charge is 2.29. The van der Waals surface area contributed by atoms with Crippen molar-refractivity contribution in [1.82, 2.24) is 0 Å². The van der Waals surface area contributed by atoms with Crippen LogP contribution < -0.4 is 21.4 Å². The molecule has 0 saturated carbocycles. The molecular formula is C24H20BO3P. The highest BCUT2D eigenvalue weighted by Crippen LogP contribution is 2.42. The lowest BCUT2D eigenvalue weighted by Crippen LogP contribution is -2.29. The van der Waals surface area contributed by atoms with Crippen molar-refractivity contribution in [3.63, 3.8) is 0 Å². The fourth-order valence-corrected chi connectivity index (χ4v) is 6.08. The highest BCUT2D eigenvalue weighted by atomic mass is 31.2. The summed E-state index contributed by atoms with van der Waals surface area (Å²) in [5, 5.41) is 20.9. The minimum atomic E-state index is -2.97. The second-order valence-electron chi connectivity index (χ2n) is 6.82. The summed E-state index contributed by atoms with van der Waals surface area (Å²) in [6.45, 7) is 0. The normalized spacial score (nSPS) is 11.2. The Morgan fingerprint density at radius 3 is 1.31 bits per heavy atom. The largest absolute Gasteiger partial charge is 0.488 e. The van der Waals surface area contributed by atoms with Crippen molar-refractivity contribution in [3.05, 3.63) is 109 Å². The van der Waals surface area contributed by atoms with Crippen LogP contribution in [-0.2, 0) is 4.57 Å². The van der Waals surface area contributed by atoms with Gasteiger partial charge < -0.3 is 14.6 Å². The molecule has 0 saturated heterocycles. The molecule has 142 valence electrons. The first kappa shape index (κ1) is 19.4. The van der Waals surface area contributed by atoms with Crippen molar-refractivity contribution in [2.24, 2.45) is 0 Å². The van der Waals surface area contributed by atoms with Crippen molar-refractivity contribution < 1.29 is 14.6 Å².